The van der Waals surface area contributed by atoms with Crippen LogP contribution in [0.4, 0.5) is 10.5 Å². The molecule has 142 valence electrons. The maximum atomic E-state index is 12.5. The van der Waals surface area contributed by atoms with Crippen molar-refractivity contribution in [1.82, 2.24) is 10.2 Å². The number of methoxy groups -OCH3 is 2. The topological polar surface area (TPSA) is 128 Å². The molecule has 0 fully saturated rings. The number of hydrogen-bond donors (Lipinski definition) is 1. The van der Waals surface area contributed by atoms with Gasteiger partial charge in [0.15, 0.2) is 0 Å². The Balaban J connectivity index is 2.73. The highest BCUT2D eigenvalue weighted by Gasteiger charge is 2.41. The van der Waals surface area contributed by atoms with Crippen LogP contribution in [0, 0.1) is 10.1 Å². The summed E-state index contributed by atoms with van der Waals surface area (Å²) in [5.74, 6) is -1.82. The number of nitrogens with zero attached hydrogens (tertiary/aromatic N) is 2. The molecular formula is C17H17N3O7. The first kappa shape index (κ1) is 19.6. The molecule has 27 heavy (non-hydrogen) atoms. The molecule has 0 spiro atoms. The van der Waals surface area contributed by atoms with Crippen molar-refractivity contribution in [1.29, 1.82) is 0 Å². The molecule has 0 aromatic heterocycles. The number of urea groups is 1. The van der Waals surface area contributed by atoms with Gasteiger partial charge in [0, 0.05) is 18.7 Å². The average Bonchev–Trinajstić information content (AvgIpc) is 2.67. The molecule has 0 aliphatic carbocycles. The molecule has 1 N–H and O–H groups in total. The lowest BCUT2D eigenvalue weighted by atomic mass is 9.94. The first-order valence-electron chi connectivity index (χ1n) is 7.69. The largest absolute Gasteiger partial charge is 0.466 e. The van der Waals surface area contributed by atoms with Crippen LogP contribution in [-0.4, -0.2) is 48.6 Å². The minimum Gasteiger partial charge on any atom is -0.466 e. The Morgan fingerprint density at radius 2 is 2.00 bits per heavy atom. The molecule has 1 unspecified atom stereocenters. The van der Waals surface area contributed by atoms with Crippen LogP contribution >= 0.6 is 0 Å². The second kappa shape index (κ2) is 8.13. The highest BCUT2D eigenvalue weighted by Crippen LogP contribution is 2.33. The van der Waals surface area contributed by atoms with Crippen LogP contribution in [0.25, 0.3) is 0 Å². The number of nitro benzene ring substituents is 1. The maximum Gasteiger partial charge on any atom is 0.355 e. The van der Waals surface area contributed by atoms with E-state index in [1.807, 2.05) is 0 Å². The zero-order valence-corrected chi connectivity index (χ0v) is 14.6. The molecular weight excluding hydrogens is 358 g/mol. The van der Waals surface area contributed by atoms with Gasteiger partial charge in [-0.2, -0.15) is 0 Å². The molecule has 2 rings (SSSR count). The van der Waals surface area contributed by atoms with Crippen molar-refractivity contribution in [3.8, 4) is 0 Å². The number of hydrogen-bond acceptors (Lipinski definition) is 7. The second-order valence-corrected chi connectivity index (χ2v) is 5.38. The van der Waals surface area contributed by atoms with Gasteiger partial charge in [0.1, 0.15) is 5.70 Å². The summed E-state index contributed by atoms with van der Waals surface area (Å²) in [5, 5.41) is 13.6. The van der Waals surface area contributed by atoms with Crippen molar-refractivity contribution in [3.05, 3.63) is 63.9 Å². The van der Waals surface area contributed by atoms with Crippen LogP contribution in [0.3, 0.4) is 0 Å². The summed E-state index contributed by atoms with van der Waals surface area (Å²) < 4.78 is 9.48. The van der Waals surface area contributed by atoms with Crippen LogP contribution < -0.4 is 5.32 Å². The Labute approximate surface area is 154 Å². The van der Waals surface area contributed by atoms with Crippen LogP contribution in [-0.2, 0) is 19.1 Å². The van der Waals surface area contributed by atoms with Crippen molar-refractivity contribution in [3.63, 3.8) is 0 Å². The Hall–Kier alpha value is -3.69. The fourth-order valence-electron chi connectivity index (χ4n) is 2.67. The summed E-state index contributed by atoms with van der Waals surface area (Å²) in [7, 11) is 2.22. The smallest absolute Gasteiger partial charge is 0.355 e. The fourth-order valence-corrected chi connectivity index (χ4v) is 2.67. The number of benzene rings is 1. The Kier molecular flexibility index (Phi) is 5.91. The third-order valence-electron chi connectivity index (χ3n) is 3.84. The van der Waals surface area contributed by atoms with Crippen molar-refractivity contribution in [2.24, 2.45) is 0 Å². The van der Waals surface area contributed by atoms with E-state index >= 15 is 0 Å². The number of nitrogens with one attached hydrogen (secondary N) is 1. The van der Waals surface area contributed by atoms with Gasteiger partial charge >= 0.3 is 18.0 Å². The second-order valence-electron chi connectivity index (χ2n) is 5.38. The summed E-state index contributed by atoms with van der Waals surface area (Å²) in [6.45, 7) is 3.45. The van der Waals surface area contributed by atoms with Gasteiger partial charge < -0.3 is 14.8 Å². The summed E-state index contributed by atoms with van der Waals surface area (Å²) in [5.41, 5.74) is -0.521. The molecule has 1 atom stereocenters. The van der Waals surface area contributed by atoms with Crippen molar-refractivity contribution in [2.75, 3.05) is 20.8 Å². The Morgan fingerprint density at radius 1 is 1.33 bits per heavy atom. The van der Waals surface area contributed by atoms with E-state index in [-0.39, 0.29) is 29.1 Å². The summed E-state index contributed by atoms with van der Waals surface area (Å²) in [6.07, 6.45) is 1.37. The predicted molar refractivity (Wildman–Crippen MR) is 92.3 cm³/mol. The van der Waals surface area contributed by atoms with Crippen molar-refractivity contribution in [2.45, 2.75) is 6.04 Å². The maximum absolute atomic E-state index is 12.5. The summed E-state index contributed by atoms with van der Waals surface area (Å²) in [4.78, 5) is 48.7. The number of nitro groups is 1. The predicted octanol–water partition coefficient (Wildman–Crippen LogP) is 1.45. The first-order chi connectivity index (χ1) is 12.8. The highest BCUT2D eigenvalue weighted by molar-refractivity contribution is 6.05. The van der Waals surface area contributed by atoms with Gasteiger partial charge in [-0.3, -0.25) is 15.0 Å². The quantitative estimate of drug-likeness (QED) is 0.345. The molecule has 0 bridgehead atoms. The molecule has 1 aromatic rings. The Bertz CT molecular complexity index is 847. The molecule has 0 saturated carbocycles. The summed E-state index contributed by atoms with van der Waals surface area (Å²) in [6, 6.07) is 3.52. The van der Waals surface area contributed by atoms with Gasteiger partial charge in [0.25, 0.3) is 5.69 Å². The highest BCUT2D eigenvalue weighted by atomic mass is 16.6. The van der Waals surface area contributed by atoms with E-state index in [1.54, 1.807) is 0 Å². The van der Waals surface area contributed by atoms with Gasteiger partial charge in [0.05, 0.1) is 30.8 Å². The lowest BCUT2D eigenvalue weighted by Crippen LogP contribution is -2.50. The van der Waals surface area contributed by atoms with Crippen LogP contribution in [0.15, 0.2) is 48.2 Å². The van der Waals surface area contributed by atoms with Crippen LogP contribution in [0.5, 0.6) is 0 Å². The zero-order chi connectivity index (χ0) is 20.1. The van der Waals surface area contributed by atoms with Crippen LogP contribution in [0.2, 0.25) is 0 Å². The molecule has 0 radical (unpaired) electrons. The number of non-ortho nitro benzene ring substituents is 1. The normalized spacial score (nSPS) is 16.4. The molecule has 0 saturated heterocycles. The minimum absolute atomic E-state index is 0.0710. The number of esters is 2. The third-order valence-corrected chi connectivity index (χ3v) is 3.84. The lowest BCUT2D eigenvalue weighted by molar-refractivity contribution is -0.384. The lowest BCUT2D eigenvalue weighted by Gasteiger charge is -2.34. The van der Waals surface area contributed by atoms with Gasteiger partial charge in [-0.05, 0) is 5.56 Å². The first-order valence-corrected chi connectivity index (χ1v) is 7.69. The van der Waals surface area contributed by atoms with E-state index in [2.05, 4.69) is 11.9 Å². The molecule has 10 nitrogen and oxygen atoms in total. The number of ether oxygens (including phenoxy) is 2. The minimum atomic E-state index is -1.14. The van der Waals surface area contributed by atoms with Gasteiger partial charge in [-0.1, -0.05) is 18.2 Å². The van der Waals surface area contributed by atoms with Crippen molar-refractivity contribution >= 4 is 23.7 Å². The molecule has 1 heterocycles. The monoisotopic (exact) mass is 375 g/mol. The molecule has 1 aliphatic heterocycles. The van der Waals surface area contributed by atoms with Gasteiger partial charge in [-0.15, -0.1) is 6.58 Å². The molecule has 1 aromatic carbocycles. The fraction of sp³-hybridized carbons (Fsp3) is 0.235. The summed E-state index contributed by atoms with van der Waals surface area (Å²) >= 11 is 0. The van der Waals surface area contributed by atoms with Gasteiger partial charge in [0.2, 0.25) is 0 Å². The van der Waals surface area contributed by atoms with E-state index in [0.29, 0.717) is 0 Å². The third kappa shape index (κ3) is 3.78. The average molecular weight is 375 g/mol. The number of rotatable bonds is 6. The molecule has 1 aliphatic rings. The number of carbonyl (C=O) groups is 3. The molecule has 10 heteroatoms. The van der Waals surface area contributed by atoms with E-state index in [1.165, 1.54) is 30.3 Å². The van der Waals surface area contributed by atoms with Crippen LogP contribution in [0.1, 0.15) is 11.6 Å². The molecule has 2 amide bonds. The SMILES string of the molecule is C=CCN1C(=O)NC(c2cccc([N+](=O)[O-])c2)C(C(=O)OC)=C1C(=O)OC. The Morgan fingerprint density at radius 3 is 2.56 bits per heavy atom. The van der Waals surface area contributed by atoms with E-state index in [0.717, 1.165) is 19.1 Å². The van der Waals surface area contributed by atoms with E-state index < -0.39 is 28.9 Å². The van der Waals surface area contributed by atoms with Crippen molar-refractivity contribution < 1.29 is 28.8 Å². The van der Waals surface area contributed by atoms with E-state index in [4.69, 9.17) is 9.47 Å². The zero-order valence-electron chi connectivity index (χ0n) is 14.6. The standard InChI is InChI=1S/C17H17N3O7/c1-4-8-19-14(16(22)27-3)12(15(21)26-2)13(18-17(19)23)10-6-5-7-11(9-10)20(24)25/h4-7,9,13H,1,8H2,2-3H3,(H,18,23). The number of carbonyl (C=O) groups excluding carboxylic acids is 3. The van der Waals surface area contributed by atoms with Gasteiger partial charge in [-0.25, -0.2) is 14.4 Å². The van der Waals surface area contributed by atoms with E-state index in [9.17, 15) is 24.5 Å². The number of amides is 2.